The molecule has 2 aromatic rings. The fraction of sp³-hybridized carbons (Fsp3) is 0.300. The Bertz CT molecular complexity index is 845. The van der Waals surface area contributed by atoms with Crippen LogP contribution < -0.4 is 9.64 Å². The van der Waals surface area contributed by atoms with Crippen LogP contribution in [0.2, 0.25) is 0 Å². The van der Waals surface area contributed by atoms with E-state index in [9.17, 15) is 9.59 Å². The van der Waals surface area contributed by atoms with Gasteiger partial charge >= 0.3 is 5.97 Å². The number of carbonyl (C=O) groups excluding carboxylic acids is 2. The van der Waals surface area contributed by atoms with Crippen LogP contribution in [0.5, 0.6) is 5.75 Å². The first-order chi connectivity index (χ1) is 12.2. The van der Waals surface area contributed by atoms with Crippen molar-refractivity contribution in [1.82, 2.24) is 0 Å². The molecule has 2 aliphatic rings. The molecule has 0 N–H and O–H groups in total. The lowest BCUT2D eigenvalue weighted by molar-refractivity contribution is -0.120. The molecule has 0 aromatic heterocycles. The van der Waals surface area contributed by atoms with Crippen molar-refractivity contribution in [3.63, 3.8) is 0 Å². The number of rotatable bonds is 2. The molecule has 0 unspecified atom stereocenters. The van der Waals surface area contributed by atoms with Gasteiger partial charge in [0.1, 0.15) is 5.75 Å². The van der Waals surface area contributed by atoms with Crippen molar-refractivity contribution in [3.8, 4) is 5.75 Å². The first kappa shape index (κ1) is 15.7. The number of hydrogen-bond acceptors (Lipinski definition) is 4. The van der Waals surface area contributed by atoms with E-state index in [4.69, 9.17) is 9.47 Å². The Labute approximate surface area is 146 Å². The molecule has 0 aliphatic carbocycles. The second kappa shape index (κ2) is 6.24. The predicted molar refractivity (Wildman–Crippen MR) is 93.1 cm³/mol. The highest BCUT2D eigenvalue weighted by atomic mass is 16.5. The Balaban J connectivity index is 1.63. The van der Waals surface area contributed by atoms with Crippen molar-refractivity contribution in [2.24, 2.45) is 0 Å². The number of para-hydroxylation sites is 1. The highest BCUT2D eigenvalue weighted by Gasteiger charge is 2.34. The quantitative estimate of drug-likeness (QED) is 0.791. The summed E-state index contributed by atoms with van der Waals surface area (Å²) in [5.74, 6) is 0.356. The summed E-state index contributed by atoms with van der Waals surface area (Å²) < 4.78 is 10.4. The van der Waals surface area contributed by atoms with Crippen LogP contribution in [0.4, 0.5) is 5.69 Å². The lowest BCUT2D eigenvalue weighted by atomic mass is 9.92. The van der Waals surface area contributed by atoms with Gasteiger partial charge in [0, 0.05) is 17.8 Å². The molecule has 0 saturated heterocycles. The molecule has 2 aliphatic heterocycles. The Morgan fingerprint density at radius 1 is 1.20 bits per heavy atom. The molecule has 4 rings (SSSR count). The minimum absolute atomic E-state index is 0.0975. The second-order valence-electron chi connectivity index (χ2n) is 6.30. The van der Waals surface area contributed by atoms with Gasteiger partial charge in [-0.3, -0.25) is 4.79 Å². The van der Waals surface area contributed by atoms with Crippen molar-refractivity contribution in [3.05, 3.63) is 59.2 Å². The molecule has 0 saturated carbocycles. The van der Waals surface area contributed by atoms with E-state index in [0.717, 1.165) is 29.0 Å². The molecule has 0 bridgehead atoms. The van der Waals surface area contributed by atoms with Crippen LogP contribution in [0.15, 0.2) is 42.5 Å². The van der Waals surface area contributed by atoms with E-state index in [0.29, 0.717) is 25.1 Å². The molecule has 1 atom stereocenters. The normalized spacial score (nSPS) is 18.1. The third-order valence-corrected chi connectivity index (χ3v) is 4.92. The number of carbonyl (C=O) groups is 2. The Morgan fingerprint density at radius 2 is 2.04 bits per heavy atom. The summed E-state index contributed by atoms with van der Waals surface area (Å²) >= 11 is 0. The Hall–Kier alpha value is -2.82. The van der Waals surface area contributed by atoms with Gasteiger partial charge in [-0.05, 0) is 42.7 Å². The summed E-state index contributed by atoms with van der Waals surface area (Å²) in [7, 11) is 1.37. The van der Waals surface area contributed by atoms with Gasteiger partial charge in [0.2, 0.25) is 5.91 Å². The van der Waals surface area contributed by atoms with Gasteiger partial charge < -0.3 is 14.4 Å². The van der Waals surface area contributed by atoms with E-state index in [2.05, 4.69) is 0 Å². The van der Waals surface area contributed by atoms with Crippen molar-refractivity contribution in [1.29, 1.82) is 0 Å². The fourth-order valence-corrected chi connectivity index (χ4v) is 3.66. The monoisotopic (exact) mass is 337 g/mol. The van der Waals surface area contributed by atoms with E-state index in [-0.39, 0.29) is 17.8 Å². The maximum atomic E-state index is 13.2. The number of hydrogen-bond donors (Lipinski definition) is 0. The van der Waals surface area contributed by atoms with Crippen LogP contribution >= 0.6 is 0 Å². The van der Waals surface area contributed by atoms with Gasteiger partial charge in [-0.15, -0.1) is 0 Å². The molecule has 0 spiro atoms. The van der Waals surface area contributed by atoms with E-state index in [1.54, 1.807) is 6.07 Å². The largest absolute Gasteiger partial charge is 0.493 e. The van der Waals surface area contributed by atoms with Crippen molar-refractivity contribution < 1.29 is 19.1 Å². The molecule has 0 fully saturated rings. The van der Waals surface area contributed by atoms with Crippen LogP contribution in [0.3, 0.4) is 0 Å². The topological polar surface area (TPSA) is 55.8 Å². The van der Waals surface area contributed by atoms with Gasteiger partial charge in [0.15, 0.2) is 0 Å². The summed E-state index contributed by atoms with van der Waals surface area (Å²) in [4.78, 5) is 26.7. The number of amides is 1. The van der Waals surface area contributed by atoms with E-state index in [1.165, 1.54) is 7.11 Å². The molecule has 5 nitrogen and oxygen atoms in total. The number of methoxy groups -OCH3 is 1. The van der Waals surface area contributed by atoms with E-state index >= 15 is 0 Å². The van der Waals surface area contributed by atoms with Crippen LogP contribution in [0, 0.1) is 0 Å². The SMILES string of the molecule is COC(=O)c1ccc2c(c1)CCN2C(=O)[C@H]1CCOc2ccccc21. The average molecular weight is 337 g/mol. The zero-order valence-corrected chi connectivity index (χ0v) is 14.0. The smallest absolute Gasteiger partial charge is 0.337 e. The standard InChI is InChI=1S/C20H19NO4/c1-24-20(23)14-6-7-17-13(12-14)8-10-21(17)19(22)16-9-11-25-18-5-3-2-4-15(16)18/h2-7,12,16H,8-11H2,1H3/t16-/m0/s1. The summed E-state index contributed by atoms with van der Waals surface area (Å²) in [6, 6.07) is 13.1. The van der Waals surface area contributed by atoms with Crippen LogP contribution in [0.1, 0.15) is 33.8 Å². The van der Waals surface area contributed by atoms with Gasteiger partial charge in [0.05, 0.1) is 25.2 Å². The van der Waals surface area contributed by atoms with Crippen LogP contribution in [0.25, 0.3) is 0 Å². The maximum absolute atomic E-state index is 13.2. The Kier molecular flexibility index (Phi) is 3.92. The third-order valence-electron chi connectivity index (χ3n) is 4.92. The molecular weight excluding hydrogens is 318 g/mol. The molecule has 128 valence electrons. The molecule has 5 heteroatoms. The van der Waals surface area contributed by atoms with Crippen LogP contribution in [-0.4, -0.2) is 32.1 Å². The number of nitrogens with zero attached hydrogens (tertiary/aromatic N) is 1. The summed E-state index contributed by atoms with van der Waals surface area (Å²) in [6.07, 6.45) is 1.43. The number of ether oxygens (including phenoxy) is 2. The van der Waals surface area contributed by atoms with Gasteiger partial charge in [0.25, 0.3) is 0 Å². The minimum Gasteiger partial charge on any atom is -0.493 e. The second-order valence-corrected chi connectivity index (χ2v) is 6.30. The predicted octanol–water partition coefficient (Wildman–Crippen LogP) is 2.93. The fourth-order valence-electron chi connectivity index (χ4n) is 3.66. The highest BCUT2D eigenvalue weighted by molar-refractivity contribution is 6.01. The summed E-state index contributed by atoms with van der Waals surface area (Å²) in [6.45, 7) is 1.19. The van der Waals surface area contributed by atoms with E-state index in [1.807, 2.05) is 41.3 Å². The molecule has 2 heterocycles. The highest BCUT2D eigenvalue weighted by Crippen LogP contribution is 2.38. The number of benzene rings is 2. The zero-order chi connectivity index (χ0) is 17.4. The third kappa shape index (κ3) is 2.65. The van der Waals surface area contributed by atoms with Crippen molar-refractivity contribution in [2.75, 3.05) is 25.2 Å². The first-order valence-electron chi connectivity index (χ1n) is 8.43. The van der Waals surface area contributed by atoms with Crippen LogP contribution in [-0.2, 0) is 16.0 Å². The van der Waals surface area contributed by atoms with E-state index < -0.39 is 0 Å². The van der Waals surface area contributed by atoms with Crippen molar-refractivity contribution >= 4 is 17.6 Å². The molecule has 0 radical (unpaired) electrons. The lowest BCUT2D eigenvalue weighted by Crippen LogP contribution is -2.35. The van der Waals surface area contributed by atoms with Gasteiger partial charge in [-0.1, -0.05) is 18.2 Å². The van der Waals surface area contributed by atoms with Gasteiger partial charge in [-0.25, -0.2) is 4.79 Å². The molecule has 25 heavy (non-hydrogen) atoms. The minimum atomic E-state index is -0.356. The molecule has 1 amide bonds. The average Bonchev–Trinajstić information content (AvgIpc) is 3.09. The first-order valence-corrected chi connectivity index (χ1v) is 8.43. The number of esters is 1. The van der Waals surface area contributed by atoms with Crippen molar-refractivity contribution in [2.45, 2.75) is 18.8 Å². The van der Waals surface area contributed by atoms with Gasteiger partial charge in [-0.2, -0.15) is 0 Å². The molecule has 2 aromatic carbocycles. The summed E-state index contributed by atoms with van der Waals surface area (Å²) in [5.41, 5.74) is 3.38. The number of fused-ring (bicyclic) bond motifs is 2. The number of anilines is 1. The lowest BCUT2D eigenvalue weighted by Gasteiger charge is -2.29. The summed E-state index contributed by atoms with van der Waals surface area (Å²) in [5, 5.41) is 0. The maximum Gasteiger partial charge on any atom is 0.337 e. The Morgan fingerprint density at radius 3 is 2.88 bits per heavy atom. The molecular formula is C20H19NO4. The zero-order valence-electron chi connectivity index (χ0n) is 14.0.